The molecule has 3 N–H and O–H groups in total. The lowest BCUT2D eigenvalue weighted by Gasteiger charge is -2.32. The molecule has 140 valence electrons. The van der Waals surface area contributed by atoms with Gasteiger partial charge >= 0.3 is 0 Å². The van der Waals surface area contributed by atoms with Gasteiger partial charge in [-0.05, 0) is 44.2 Å². The number of thioether (sulfide) groups is 1. The molecule has 1 saturated heterocycles. The Morgan fingerprint density at radius 2 is 2.12 bits per heavy atom. The van der Waals surface area contributed by atoms with Crippen molar-refractivity contribution in [2.75, 3.05) is 38.2 Å². The van der Waals surface area contributed by atoms with E-state index in [9.17, 15) is 13.2 Å². The molecule has 0 bridgehead atoms. The molecule has 1 aliphatic rings. The highest BCUT2D eigenvalue weighted by atomic mass is 32.2. The van der Waals surface area contributed by atoms with Crippen LogP contribution in [-0.2, 0) is 14.8 Å². The number of likely N-dealkylation sites (tertiary alicyclic amines) is 1. The quantitative estimate of drug-likeness (QED) is 0.635. The van der Waals surface area contributed by atoms with Gasteiger partial charge in [0.1, 0.15) is 5.75 Å². The number of carbonyl (C=O) groups excluding carboxylic acids is 1. The number of piperidine rings is 1. The van der Waals surface area contributed by atoms with Crippen molar-refractivity contribution >= 4 is 27.7 Å². The number of hydrogen-bond donors (Lipinski definition) is 2. The number of ether oxygens (including phenoxy) is 1. The molecule has 1 fully saturated rings. The number of nitrogens with one attached hydrogen (secondary N) is 1. The van der Waals surface area contributed by atoms with E-state index < -0.39 is 10.0 Å². The van der Waals surface area contributed by atoms with Gasteiger partial charge in [-0.2, -0.15) is 0 Å². The predicted molar refractivity (Wildman–Crippen MR) is 99.3 cm³/mol. The van der Waals surface area contributed by atoms with Crippen molar-refractivity contribution < 1.29 is 17.9 Å². The summed E-state index contributed by atoms with van der Waals surface area (Å²) in [5.41, 5.74) is 0. The normalized spacial score (nSPS) is 18.2. The topological polar surface area (TPSA) is 102 Å². The fourth-order valence-electron chi connectivity index (χ4n) is 2.63. The first-order valence-electron chi connectivity index (χ1n) is 8.18. The van der Waals surface area contributed by atoms with Crippen LogP contribution in [0.25, 0.3) is 0 Å². The molecular weight excluding hydrogens is 362 g/mol. The van der Waals surface area contributed by atoms with Crippen molar-refractivity contribution in [1.29, 1.82) is 0 Å². The van der Waals surface area contributed by atoms with E-state index in [1.54, 1.807) is 12.1 Å². The van der Waals surface area contributed by atoms with E-state index >= 15 is 0 Å². The molecule has 1 aliphatic heterocycles. The number of hydrogen-bond acceptors (Lipinski definition) is 6. The minimum absolute atomic E-state index is 0.0567. The van der Waals surface area contributed by atoms with Gasteiger partial charge in [-0.15, -0.1) is 11.8 Å². The molecule has 1 amide bonds. The van der Waals surface area contributed by atoms with Crippen molar-refractivity contribution in [3.05, 3.63) is 24.3 Å². The molecule has 0 aromatic heterocycles. The third-order valence-corrected chi connectivity index (χ3v) is 5.89. The lowest BCUT2D eigenvalue weighted by atomic mass is 10.1. The second kappa shape index (κ2) is 9.42. The van der Waals surface area contributed by atoms with E-state index in [0.29, 0.717) is 29.9 Å². The number of primary sulfonamides is 1. The molecule has 0 aliphatic carbocycles. The Labute approximate surface area is 153 Å². The van der Waals surface area contributed by atoms with Crippen LogP contribution in [0.1, 0.15) is 12.8 Å². The molecule has 1 atom stereocenters. The van der Waals surface area contributed by atoms with Crippen molar-refractivity contribution in [3.63, 3.8) is 0 Å². The van der Waals surface area contributed by atoms with Gasteiger partial charge in [0, 0.05) is 24.9 Å². The third-order valence-electron chi connectivity index (χ3n) is 4.06. The van der Waals surface area contributed by atoms with Crippen LogP contribution in [0.3, 0.4) is 0 Å². The van der Waals surface area contributed by atoms with Crippen LogP contribution in [-0.4, -0.2) is 63.5 Å². The van der Waals surface area contributed by atoms with Gasteiger partial charge in [-0.1, -0.05) is 0 Å². The highest BCUT2D eigenvalue weighted by molar-refractivity contribution is 7.99. The first-order chi connectivity index (χ1) is 11.9. The summed E-state index contributed by atoms with van der Waals surface area (Å²) in [4.78, 5) is 14.2. The Balaban J connectivity index is 1.65. The van der Waals surface area contributed by atoms with E-state index in [1.807, 2.05) is 11.9 Å². The average Bonchev–Trinajstić information content (AvgIpc) is 2.61. The summed E-state index contributed by atoms with van der Waals surface area (Å²) in [5, 5.41) is 8.27. The summed E-state index contributed by atoms with van der Waals surface area (Å²) in [7, 11) is -1.75. The van der Waals surface area contributed by atoms with E-state index in [0.717, 1.165) is 25.9 Å². The number of benzene rings is 1. The van der Waals surface area contributed by atoms with Crippen molar-refractivity contribution in [3.8, 4) is 5.75 Å². The Morgan fingerprint density at radius 1 is 1.40 bits per heavy atom. The maximum atomic E-state index is 12.2. The summed E-state index contributed by atoms with van der Waals surface area (Å²) in [6.07, 6.45) is 2.16. The SMILES string of the molecule is CNC1CCCN(C(=O)CSCCOc2ccc(S(N)(=O)=O)cc2)C1. The van der Waals surface area contributed by atoms with Crippen molar-refractivity contribution in [2.45, 2.75) is 23.8 Å². The van der Waals surface area contributed by atoms with Crippen LogP contribution < -0.4 is 15.2 Å². The highest BCUT2D eigenvalue weighted by Gasteiger charge is 2.22. The second-order valence-corrected chi connectivity index (χ2v) is 8.55. The predicted octanol–water partition coefficient (Wildman–Crippen LogP) is 0.656. The van der Waals surface area contributed by atoms with Gasteiger partial charge in [0.15, 0.2) is 0 Å². The first-order valence-corrected chi connectivity index (χ1v) is 10.9. The van der Waals surface area contributed by atoms with Crippen LogP contribution >= 0.6 is 11.8 Å². The van der Waals surface area contributed by atoms with E-state index in [2.05, 4.69) is 5.32 Å². The fourth-order valence-corrected chi connectivity index (χ4v) is 3.85. The number of rotatable bonds is 8. The summed E-state index contributed by atoms with van der Waals surface area (Å²) >= 11 is 1.54. The maximum absolute atomic E-state index is 12.2. The zero-order valence-corrected chi connectivity index (χ0v) is 15.9. The van der Waals surface area contributed by atoms with Gasteiger partial charge in [0.2, 0.25) is 15.9 Å². The maximum Gasteiger partial charge on any atom is 0.238 e. The Bertz CT molecular complexity index is 664. The van der Waals surface area contributed by atoms with Gasteiger partial charge in [-0.3, -0.25) is 4.79 Å². The average molecular weight is 388 g/mol. The summed E-state index contributed by atoms with van der Waals surface area (Å²) in [6, 6.07) is 6.36. The van der Waals surface area contributed by atoms with Crippen LogP contribution in [0.2, 0.25) is 0 Å². The lowest BCUT2D eigenvalue weighted by molar-refractivity contribution is -0.129. The molecule has 1 heterocycles. The number of nitrogens with two attached hydrogens (primary N) is 1. The minimum atomic E-state index is -3.68. The van der Waals surface area contributed by atoms with Crippen molar-refractivity contribution in [1.82, 2.24) is 10.2 Å². The largest absolute Gasteiger partial charge is 0.493 e. The van der Waals surface area contributed by atoms with E-state index in [1.165, 1.54) is 23.9 Å². The molecule has 0 saturated carbocycles. The summed E-state index contributed by atoms with van der Waals surface area (Å²) in [6.45, 7) is 2.07. The molecule has 1 unspecified atom stereocenters. The van der Waals surface area contributed by atoms with Gasteiger partial charge in [0.25, 0.3) is 0 Å². The lowest BCUT2D eigenvalue weighted by Crippen LogP contribution is -2.47. The number of likely N-dealkylation sites (N-methyl/N-ethyl adjacent to an activating group) is 1. The molecule has 25 heavy (non-hydrogen) atoms. The number of nitrogens with zero attached hydrogens (tertiary/aromatic N) is 1. The Hall–Kier alpha value is -1.29. The number of sulfonamides is 1. The molecule has 1 aromatic carbocycles. The zero-order valence-electron chi connectivity index (χ0n) is 14.3. The van der Waals surface area contributed by atoms with Gasteiger partial charge in [-0.25, -0.2) is 13.6 Å². The fraction of sp³-hybridized carbons (Fsp3) is 0.562. The first kappa shape index (κ1) is 20.0. The van der Waals surface area contributed by atoms with E-state index in [-0.39, 0.29) is 10.8 Å². The van der Waals surface area contributed by atoms with Crippen LogP contribution in [0.5, 0.6) is 5.75 Å². The van der Waals surface area contributed by atoms with E-state index in [4.69, 9.17) is 9.88 Å². The Kier molecular flexibility index (Phi) is 7.55. The smallest absolute Gasteiger partial charge is 0.238 e. The minimum Gasteiger partial charge on any atom is -0.493 e. The molecule has 1 aromatic rings. The molecule has 0 radical (unpaired) electrons. The third kappa shape index (κ3) is 6.50. The zero-order chi connectivity index (χ0) is 18.3. The molecule has 7 nitrogen and oxygen atoms in total. The number of carbonyl (C=O) groups is 1. The molecular formula is C16H25N3O4S2. The summed E-state index contributed by atoms with van der Waals surface area (Å²) < 4.78 is 27.9. The molecule has 0 spiro atoms. The van der Waals surface area contributed by atoms with Crippen LogP contribution in [0.15, 0.2) is 29.2 Å². The molecule has 2 rings (SSSR count). The standard InChI is InChI=1S/C16H25N3O4S2/c1-18-13-3-2-8-19(11-13)16(20)12-24-10-9-23-14-4-6-15(7-5-14)25(17,21)22/h4-7,13,18H,2-3,8-12H2,1H3,(H2,17,21,22). The monoisotopic (exact) mass is 387 g/mol. The molecule has 9 heteroatoms. The van der Waals surface area contributed by atoms with Crippen molar-refractivity contribution in [2.24, 2.45) is 5.14 Å². The number of amides is 1. The Morgan fingerprint density at radius 3 is 2.76 bits per heavy atom. The summed E-state index contributed by atoms with van der Waals surface area (Å²) in [5.74, 6) is 1.88. The van der Waals surface area contributed by atoms with Crippen LogP contribution in [0.4, 0.5) is 0 Å². The highest BCUT2D eigenvalue weighted by Crippen LogP contribution is 2.16. The van der Waals surface area contributed by atoms with Crippen LogP contribution in [0, 0.1) is 0 Å². The van der Waals surface area contributed by atoms with Gasteiger partial charge in [0.05, 0.1) is 17.3 Å². The second-order valence-electron chi connectivity index (χ2n) is 5.89. The van der Waals surface area contributed by atoms with Gasteiger partial charge < -0.3 is 15.0 Å².